The third-order valence-electron chi connectivity index (χ3n) is 1.83. The summed E-state index contributed by atoms with van der Waals surface area (Å²) in [6.45, 7) is 0.910. The van der Waals surface area contributed by atoms with Gasteiger partial charge in [0.05, 0.1) is 0 Å². The summed E-state index contributed by atoms with van der Waals surface area (Å²) in [4.78, 5) is 21.3. The third kappa shape index (κ3) is 2.96. The number of aliphatic carboxylic acids is 1. The van der Waals surface area contributed by atoms with E-state index in [2.05, 4.69) is 4.74 Å². The van der Waals surface area contributed by atoms with E-state index in [1.165, 1.54) is 0 Å². The van der Waals surface area contributed by atoms with Gasteiger partial charge in [-0.2, -0.15) is 0 Å². The van der Waals surface area contributed by atoms with Crippen LogP contribution in [0.2, 0.25) is 0 Å². The van der Waals surface area contributed by atoms with E-state index in [0.717, 1.165) is 6.92 Å². The van der Waals surface area contributed by atoms with Crippen LogP contribution in [-0.4, -0.2) is 17.0 Å². The van der Waals surface area contributed by atoms with E-state index in [1.807, 2.05) is 0 Å². The summed E-state index contributed by atoms with van der Waals surface area (Å²) < 4.78 is 43.0. The molecule has 0 spiro atoms. The van der Waals surface area contributed by atoms with Crippen molar-refractivity contribution in [2.45, 2.75) is 13.0 Å². The zero-order chi connectivity index (χ0) is 13.2. The molecular weight excluding hydrogens is 241 g/mol. The highest BCUT2D eigenvalue weighted by Gasteiger charge is 2.27. The number of hydrogen-bond donors (Lipinski definition) is 1. The number of carbonyl (C=O) groups is 2. The van der Waals surface area contributed by atoms with Gasteiger partial charge in [-0.25, -0.2) is 18.0 Å². The maximum Gasteiger partial charge on any atom is 0.349 e. The Morgan fingerprint density at radius 3 is 2.18 bits per heavy atom. The van der Waals surface area contributed by atoms with Crippen LogP contribution >= 0.6 is 0 Å². The van der Waals surface area contributed by atoms with Gasteiger partial charge >= 0.3 is 11.9 Å². The SMILES string of the molecule is CC(=O)OC(C(=O)O)c1cc(F)c(F)cc1F. The van der Waals surface area contributed by atoms with Gasteiger partial charge in [0.25, 0.3) is 0 Å². The van der Waals surface area contributed by atoms with Crippen molar-refractivity contribution < 1.29 is 32.6 Å². The second-order valence-corrected chi connectivity index (χ2v) is 3.12. The van der Waals surface area contributed by atoms with Crippen LogP contribution in [0.3, 0.4) is 0 Å². The Labute approximate surface area is 93.6 Å². The average molecular weight is 248 g/mol. The summed E-state index contributed by atoms with van der Waals surface area (Å²) in [7, 11) is 0. The van der Waals surface area contributed by atoms with Gasteiger partial charge in [-0.1, -0.05) is 0 Å². The quantitative estimate of drug-likeness (QED) is 0.654. The third-order valence-corrected chi connectivity index (χ3v) is 1.83. The molecule has 4 nitrogen and oxygen atoms in total. The van der Waals surface area contributed by atoms with Crippen LogP contribution < -0.4 is 0 Å². The van der Waals surface area contributed by atoms with Gasteiger partial charge in [0.15, 0.2) is 11.6 Å². The number of benzene rings is 1. The van der Waals surface area contributed by atoms with Crippen LogP contribution in [0.1, 0.15) is 18.6 Å². The summed E-state index contributed by atoms with van der Waals surface area (Å²) in [6, 6.07) is 0.524. The Bertz CT molecular complexity index is 473. The molecule has 0 amide bonds. The first kappa shape index (κ1) is 13.0. The number of halogens is 3. The first-order chi connectivity index (χ1) is 7.82. The van der Waals surface area contributed by atoms with Crippen molar-refractivity contribution in [1.82, 2.24) is 0 Å². The van der Waals surface area contributed by atoms with Gasteiger partial charge < -0.3 is 9.84 Å². The number of carboxylic acid groups (broad SMARTS) is 1. The van der Waals surface area contributed by atoms with Crippen LogP contribution in [0, 0.1) is 17.5 Å². The Hall–Kier alpha value is -2.05. The molecule has 0 heterocycles. The topological polar surface area (TPSA) is 63.6 Å². The number of ether oxygens (including phenoxy) is 1. The Morgan fingerprint density at radius 1 is 1.18 bits per heavy atom. The van der Waals surface area contributed by atoms with Crippen molar-refractivity contribution in [2.75, 3.05) is 0 Å². The molecule has 1 aromatic rings. The zero-order valence-electron chi connectivity index (χ0n) is 8.54. The molecule has 1 rings (SSSR count). The minimum absolute atomic E-state index is 0.185. The summed E-state index contributed by atoms with van der Waals surface area (Å²) in [5.41, 5.74) is -0.758. The minimum Gasteiger partial charge on any atom is -0.478 e. The zero-order valence-corrected chi connectivity index (χ0v) is 8.54. The molecule has 0 aliphatic heterocycles. The lowest BCUT2D eigenvalue weighted by Crippen LogP contribution is -2.19. The van der Waals surface area contributed by atoms with E-state index >= 15 is 0 Å². The largest absolute Gasteiger partial charge is 0.478 e. The monoisotopic (exact) mass is 248 g/mol. The Kier molecular flexibility index (Phi) is 3.72. The second-order valence-electron chi connectivity index (χ2n) is 3.12. The van der Waals surface area contributed by atoms with Crippen LogP contribution in [0.25, 0.3) is 0 Å². The maximum absolute atomic E-state index is 13.2. The summed E-state index contributed by atoms with van der Waals surface area (Å²) in [5, 5.41) is 8.70. The molecule has 1 aromatic carbocycles. The van der Waals surface area contributed by atoms with E-state index < -0.39 is 41.1 Å². The molecule has 17 heavy (non-hydrogen) atoms. The minimum atomic E-state index is -2.01. The van der Waals surface area contributed by atoms with Crippen molar-refractivity contribution in [3.05, 3.63) is 35.1 Å². The summed E-state index contributed by atoms with van der Waals surface area (Å²) in [6.07, 6.45) is -2.01. The highest BCUT2D eigenvalue weighted by atomic mass is 19.2. The Balaban J connectivity index is 3.23. The van der Waals surface area contributed by atoms with Crippen molar-refractivity contribution >= 4 is 11.9 Å². The molecule has 0 fully saturated rings. The van der Waals surface area contributed by atoms with E-state index in [1.54, 1.807) is 0 Å². The maximum atomic E-state index is 13.2. The van der Waals surface area contributed by atoms with E-state index in [9.17, 15) is 22.8 Å². The van der Waals surface area contributed by atoms with Gasteiger partial charge in [-0.15, -0.1) is 0 Å². The molecule has 92 valence electrons. The predicted molar refractivity (Wildman–Crippen MR) is 48.5 cm³/mol. The van der Waals surface area contributed by atoms with Crippen LogP contribution in [0.4, 0.5) is 13.2 Å². The molecule has 1 unspecified atom stereocenters. The molecule has 0 aromatic heterocycles. The highest BCUT2D eigenvalue weighted by Crippen LogP contribution is 2.23. The molecule has 0 radical (unpaired) electrons. The van der Waals surface area contributed by atoms with Crippen LogP contribution in [-0.2, 0) is 14.3 Å². The Morgan fingerprint density at radius 2 is 1.71 bits per heavy atom. The van der Waals surface area contributed by atoms with Gasteiger partial charge in [-0.05, 0) is 6.07 Å². The fourth-order valence-electron chi connectivity index (χ4n) is 1.15. The first-order valence-electron chi connectivity index (χ1n) is 4.37. The van der Waals surface area contributed by atoms with Crippen LogP contribution in [0.5, 0.6) is 0 Å². The number of esters is 1. The molecular formula is C10H7F3O4. The van der Waals surface area contributed by atoms with Gasteiger partial charge in [0.1, 0.15) is 5.82 Å². The highest BCUT2D eigenvalue weighted by molar-refractivity contribution is 5.78. The fourth-order valence-corrected chi connectivity index (χ4v) is 1.15. The van der Waals surface area contributed by atoms with Crippen molar-refractivity contribution in [1.29, 1.82) is 0 Å². The predicted octanol–water partition coefficient (Wildman–Crippen LogP) is 1.79. The number of carbonyl (C=O) groups excluding carboxylic acids is 1. The summed E-state index contributed by atoms with van der Waals surface area (Å²) >= 11 is 0. The normalized spacial score (nSPS) is 12.0. The molecule has 0 bridgehead atoms. The number of carboxylic acids is 1. The molecule has 7 heteroatoms. The standard InChI is InChI=1S/C10H7F3O4/c1-4(14)17-9(10(15)16)5-2-7(12)8(13)3-6(5)11/h2-3,9H,1H3,(H,15,16). The first-order valence-corrected chi connectivity index (χ1v) is 4.37. The molecule has 0 aliphatic rings. The van der Waals surface area contributed by atoms with Crippen LogP contribution in [0.15, 0.2) is 12.1 Å². The van der Waals surface area contributed by atoms with Crippen molar-refractivity contribution in [3.8, 4) is 0 Å². The van der Waals surface area contributed by atoms with Gasteiger partial charge in [0, 0.05) is 18.6 Å². The lowest BCUT2D eigenvalue weighted by atomic mass is 10.1. The number of hydrogen-bond acceptors (Lipinski definition) is 3. The fraction of sp³-hybridized carbons (Fsp3) is 0.200. The second kappa shape index (κ2) is 4.86. The number of rotatable bonds is 3. The average Bonchev–Trinajstić information content (AvgIpc) is 2.20. The van der Waals surface area contributed by atoms with Crippen molar-refractivity contribution in [2.24, 2.45) is 0 Å². The lowest BCUT2D eigenvalue weighted by Gasteiger charge is -2.13. The molecule has 0 saturated carbocycles. The smallest absolute Gasteiger partial charge is 0.349 e. The van der Waals surface area contributed by atoms with Gasteiger partial charge in [-0.3, -0.25) is 4.79 Å². The van der Waals surface area contributed by atoms with Crippen molar-refractivity contribution in [3.63, 3.8) is 0 Å². The summed E-state index contributed by atoms with van der Waals surface area (Å²) in [5.74, 6) is -6.87. The van der Waals surface area contributed by atoms with E-state index in [0.29, 0.717) is 6.07 Å². The molecule has 1 N–H and O–H groups in total. The van der Waals surface area contributed by atoms with Gasteiger partial charge in [0.2, 0.25) is 6.10 Å². The molecule has 0 saturated heterocycles. The lowest BCUT2D eigenvalue weighted by molar-refractivity contribution is -0.163. The molecule has 1 atom stereocenters. The molecule has 0 aliphatic carbocycles. The van der Waals surface area contributed by atoms with E-state index in [-0.39, 0.29) is 6.07 Å². The van der Waals surface area contributed by atoms with E-state index in [4.69, 9.17) is 5.11 Å².